The third kappa shape index (κ3) is 4.40. The van der Waals surface area contributed by atoms with Crippen molar-refractivity contribution in [2.75, 3.05) is 17.2 Å². The number of para-hydroxylation sites is 1. The molecule has 0 saturated heterocycles. The van der Waals surface area contributed by atoms with Gasteiger partial charge in [0.05, 0.1) is 28.0 Å². The van der Waals surface area contributed by atoms with Gasteiger partial charge in [-0.05, 0) is 31.2 Å². The fourth-order valence-electron chi connectivity index (χ4n) is 2.26. The fourth-order valence-corrected chi connectivity index (χ4v) is 2.75. The zero-order valence-corrected chi connectivity index (χ0v) is 15.5. The van der Waals surface area contributed by atoms with E-state index >= 15 is 0 Å². The maximum absolute atomic E-state index is 9.28. The minimum atomic E-state index is -0.195. The second-order valence-electron chi connectivity index (χ2n) is 5.65. The van der Waals surface area contributed by atoms with Crippen molar-refractivity contribution in [3.63, 3.8) is 0 Å². The summed E-state index contributed by atoms with van der Waals surface area (Å²) in [5, 5.41) is 16.5. The summed E-state index contributed by atoms with van der Waals surface area (Å²) in [4.78, 5) is 13.0. The molecule has 3 N–H and O–H groups in total. The van der Waals surface area contributed by atoms with E-state index in [0.29, 0.717) is 33.2 Å². The Kier molecular flexibility index (Phi) is 5.88. The second-order valence-corrected chi connectivity index (χ2v) is 6.46. The highest BCUT2D eigenvalue weighted by atomic mass is 35.5. The topological polar surface area (TPSA) is 83.0 Å². The van der Waals surface area contributed by atoms with Crippen LogP contribution in [0, 0.1) is 0 Å². The molecule has 0 amide bonds. The first-order valence-electron chi connectivity index (χ1n) is 7.94. The van der Waals surface area contributed by atoms with Gasteiger partial charge in [-0.15, -0.1) is 0 Å². The van der Waals surface area contributed by atoms with Crippen LogP contribution in [0.4, 0.5) is 17.5 Å². The maximum atomic E-state index is 9.28. The standard InChI is InChI=1S/C18H17Cl2N5O/c1-11(10-26)22-18-23-15(12-5-7-21-8-6-12)9-16(25-18)24-17-13(19)3-2-4-14(17)20/h2-9,11,26H,10H2,1H3,(H2,22,23,24,25)/t11-/m1/s1. The van der Waals surface area contributed by atoms with Gasteiger partial charge < -0.3 is 15.7 Å². The minimum absolute atomic E-state index is 0.0397. The molecule has 2 aromatic heterocycles. The van der Waals surface area contributed by atoms with Crippen molar-refractivity contribution in [2.24, 2.45) is 0 Å². The largest absolute Gasteiger partial charge is 0.394 e. The van der Waals surface area contributed by atoms with E-state index in [2.05, 4.69) is 25.6 Å². The minimum Gasteiger partial charge on any atom is -0.394 e. The lowest BCUT2D eigenvalue weighted by Gasteiger charge is -2.15. The monoisotopic (exact) mass is 389 g/mol. The van der Waals surface area contributed by atoms with Crippen molar-refractivity contribution in [1.29, 1.82) is 0 Å². The SMILES string of the molecule is C[C@H](CO)Nc1nc(Nc2c(Cl)cccc2Cl)cc(-c2ccncc2)n1. The molecule has 2 heterocycles. The number of halogens is 2. The predicted octanol–water partition coefficient (Wildman–Crippen LogP) is 4.38. The van der Waals surface area contributed by atoms with Crippen LogP contribution < -0.4 is 10.6 Å². The molecular formula is C18H17Cl2N5O. The number of rotatable bonds is 6. The van der Waals surface area contributed by atoms with Gasteiger partial charge >= 0.3 is 0 Å². The van der Waals surface area contributed by atoms with Gasteiger partial charge in [-0.3, -0.25) is 4.98 Å². The molecule has 0 saturated carbocycles. The van der Waals surface area contributed by atoms with Crippen molar-refractivity contribution in [1.82, 2.24) is 15.0 Å². The molecule has 0 spiro atoms. The Bertz CT molecular complexity index is 872. The Labute approximate surface area is 161 Å². The summed E-state index contributed by atoms with van der Waals surface area (Å²) in [6, 6.07) is 10.6. The van der Waals surface area contributed by atoms with Gasteiger partial charge in [0, 0.05) is 30.1 Å². The number of aliphatic hydroxyl groups excluding tert-OH is 1. The van der Waals surface area contributed by atoms with Gasteiger partial charge in [-0.2, -0.15) is 4.98 Å². The molecule has 0 radical (unpaired) electrons. The van der Waals surface area contributed by atoms with Crippen LogP contribution in [-0.2, 0) is 0 Å². The quantitative estimate of drug-likeness (QED) is 0.579. The second kappa shape index (κ2) is 8.31. The van der Waals surface area contributed by atoms with Crippen LogP contribution in [0.5, 0.6) is 0 Å². The van der Waals surface area contributed by atoms with Crippen LogP contribution in [0.2, 0.25) is 10.0 Å². The molecule has 8 heteroatoms. The van der Waals surface area contributed by atoms with E-state index in [9.17, 15) is 5.11 Å². The molecule has 0 aliphatic heterocycles. The first-order chi connectivity index (χ1) is 12.6. The average molecular weight is 390 g/mol. The zero-order chi connectivity index (χ0) is 18.5. The van der Waals surface area contributed by atoms with Gasteiger partial charge in [0.2, 0.25) is 5.95 Å². The van der Waals surface area contributed by atoms with Crippen molar-refractivity contribution in [3.8, 4) is 11.3 Å². The molecule has 1 atom stereocenters. The summed E-state index contributed by atoms with van der Waals surface area (Å²) in [5.41, 5.74) is 2.15. The van der Waals surface area contributed by atoms with E-state index in [1.165, 1.54) is 0 Å². The summed E-state index contributed by atoms with van der Waals surface area (Å²) >= 11 is 12.5. The van der Waals surface area contributed by atoms with E-state index in [4.69, 9.17) is 23.2 Å². The molecule has 134 valence electrons. The molecule has 0 fully saturated rings. The zero-order valence-electron chi connectivity index (χ0n) is 13.9. The number of aromatic nitrogens is 3. The number of nitrogens with zero attached hydrogens (tertiary/aromatic N) is 3. The van der Waals surface area contributed by atoms with Crippen LogP contribution in [0.3, 0.4) is 0 Å². The lowest BCUT2D eigenvalue weighted by Crippen LogP contribution is -2.21. The fraction of sp³-hybridized carbons (Fsp3) is 0.167. The number of benzene rings is 1. The third-order valence-corrected chi connectivity index (χ3v) is 4.20. The van der Waals surface area contributed by atoms with Crippen molar-refractivity contribution in [2.45, 2.75) is 13.0 Å². The van der Waals surface area contributed by atoms with Crippen LogP contribution >= 0.6 is 23.2 Å². The summed E-state index contributed by atoms with van der Waals surface area (Å²) in [7, 11) is 0. The van der Waals surface area contributed by atoms with Gasteiger partial charge in [0.15, 0.2) is 0 Å². The van der Waals surface area contributed by atoms with E-state index in [0.717, 1.165) is 5.56 Å². The Morgan fingerprint density at radius 1 is 1.08 bits per heavy atom. The number of anilines is 3. The van der Waals surface area contributed by atoms with Crippen molar-refractivity contribution >= 4 is 40.7 Å². The van der Waals surface area contributed by atoms with E-state index in [-0.39, 0.29) is 12.6 Å². The van der Waals surface area contributed by atoms with E-state index in [1.54, 1.807) is 36.7 Å². The predicted molar refractivity (Wildman–Crippen MR) is 105 cm³/mol. The molecule has 0 unspecified atom stereocenters. The molecule has 26 heavy (non-hydrogen) atoms. The number of nitrogens with one attached hydrogen (secondary N) is 2. The maximum Gasteiger partial charge on any atom is 0.225 e. The number of hydrogen-bond donors (Lipinski definition) is 3. The number of pyridine rings is 1. The normalized spacial score (nSPS) is 11.8. The van der Waals surface area contributed by atoms with Crippen molar-refractivity contribution in [3.05, 3.63) is 58.8 Å². The molecular weight excluding hydrogens is 373 g/mol. The Hall–Kier alpha value is -2.41. The Balaban J connectivity index is 2.02. The molecule has 3 rings (SSSR count). The van der Waals surface area contributed by atoms with Gasteiger partial charge in [-0.1, -0.05) is 29.3 Å². The van der Waals surface area contributed by atoms with Crippen LogP contribution in [0.15, 0.2) is 48.8 Å². The highest BCUT2D eigenvalue weighted by Gasteiger charge is 2.12. The molecule has 6 nitrogen and oxygen atoms in total. The highest BCUT2D eigenvalue weighted by molar-refractivity contribution is 6.39. The third-order valence-electron chi connectivity index (χ3n) is 3.57. The van der Waals surface area contributed by atoms with Crippen LogP contribution in [-0.4, -0.2) is 32.7 Å². The molecule has 1 aromatic carbocycles. The average Bonchev–Trinajstić information content (AvgIpc) is 2.65. The summed E-state index contributed by atoms with van der Waals surface area (Å²) in [6.07, 6.45) is 3.39. The summed E-state index contributed by atoms with van der Waals surface area (Å²) in [6.45, 7) is 1.79. The van der Waals surface area contributed by atoms with E-state index in [1.807, 2.05) is 19.1 Å². The number of aliphatic hydroxyl groups is 1. The molecule has 0 aliphatic rings. The smallest absolute Gasteiger partial charge is 0.225 e. The lowest BCUT2D eigenvalue weighted by atomic mass is 10.2. The summed E-state index contributed by atoms with van der Waals surface area (Å²) < 4.78 is 0. The Morgan fingerprint density at radius 3 is 2.42 bits per heavy atom. The van der Waals surface area contributed by atoms with Crippen LogP contribution in [0.25, 0.3) is 11.3 Å². The Morgan fingerprint density at radius 2 is 1.77 bits per heavy atom. The molecule has 3 aromatic rings. The first-order valence-corrected chi connectivity index (χ1v) is 8.70. The van der Waals surface area contributed by atoms with Gasteiger partial charge in [0.25, 0.3) is 0 Å². The highest BCUT2D eigenvalue weighted by Crippen LogP contribution is 2.33. The van der Waals surface area contributed by atoms with Crippen LogP contribution in [0.1, 0.15) is 6.92 Å². The first kappa shape index (κ1) is 18.4. The van der Waals surface area contributed by atoms with E-state index < -0.39 is 0 Å². The van der Waals surface area contributed by atoms with Crippen molar-refractivity contribution < 1.29 is 5.11 Å². The summed E-state index contributed by atoms with van der Waals surface area (Å²) in [5.74, 6) is 0.904. The number of hydrogen-bond acceptors (Lipinski definition) is 6. The lowest BCUT2D eigenvalue weighted by molar-refractivity contribution is 0.281. The van der Waals surface area contributed by atoms with Gasteiger partial charge in [-0.25, -0.2) is 4.98 Å². The molecule has 0 bridgehead atoms. The van der Waals surface area contributed by atoms with Gasteiger partial charge in [0.1, 0.15) is 5.82 Å². The molecule has 0 aliphatic carbocycles.